The summed E-state index contributed by atoms with van der Waals surface area (Å²) in [6.07, 6.45) is 2.06. The van der Waals surface area contributed by atoms with E-state index in [2.05, 4.69) is 16.4 Å². The topological polar surface area (TPSA) is 96.5 Å². The van der Waals surface area contributed by atoms with Crippen molar-refractivity contribution in [2.75, 3.05) is 0 Å². The Morgan fingerprint density at radius 1 is 0.909 bits per heavy atom. The highest BCUT2D eigenvalue weighted by molar-refractivity contribution is 5.86. The highest BCUT2D eigenvalue weighted by Crippen LogP contribution is 2.34. The van der Waals surface area contributed by atoms with Crippen LogP contribution in [-0.4, -0.2) is 44.1 Å². The van der Waals surface area contributed by atoms with Crippen LogP contribution >= 0.6 is 0 Å². The van der Waals surface area contributed by atoms with Gasteiger partial charge in [0.05, 0.1) is 17.9 Å². The van der Waals surface area contributed by atoms with E-state index >= 15 is 0 Å². The van der Waals surface area contributed by atoms with Gasteiger partial charge in [-0.15, -0.1) is 0 Å². The molecule has 2 N–H and O–H groups in total. The first kappa shape index (κ1) is 30.9. The van der Waals surface area contributed by atoms with E-state index in [1.807, 2.05) is 105 Å². The van der Waals surface area contributed by atoms with Crippen molar-refractivity contribution in [2.45, 2.75) is 84.2 Å². The summed E-state index contributed by atoms with van der Waals surface area (Å²) >= 11 is 0. The number of hydrogen-bond donors (Lipinski definition) is 2. The maximum absolute atomic E-state index is 14.5. The molecular weight excluding hydrogens is 552 g/mol. The molecule has 0 radical (unpaired) electrons. The number of aromatic nitrogens is 2. The largest absolute Gasteiger partial charge is 0.488 e. The lowest BCUT2D eigenvalue weighted by molar-refractivity contribution is -0.137. The third kappa shape index (κ3) is 7.86. The number of carbonyl (C=O) groups excluding carboxylic acids is 2. The van der Waals surface area contributed by atoms with Crippen molar-refractivity contribution < 1.29 is 19.1 Å². The van der Waals surface area contributed by atoms with Crippen molar-refractivity contribution in [3.05, 3.63) is 108 Å². The first-order valence-electron chi connectivity index (χ1n) is 15.1. The van der Waals surface area contributed by atoms with Crippen LogP contribution in [0.3, 0.4) is 0 Å². The zero-order chi connectivity index (χ0) is 31.5. The van der Waals surface area contributed by atoms with Crippen LogP contribution in [0.25, 0.3) is 11.3 Å². The van der Waals surface area contributed by atoms with Gasteiger partial charge < -0.3 is 24.7 Å². The number of nitrogens with one attached hydrogen (secondary N) is 2. The Hall–Kier alpha value is -4.59. The van der Waals surface area contributed by atoms with Gasteiger partial charge in [0.1, 0.15) is 28.8 Å². The van der Waals surface area contributed by atoms with Crippen LogP contribution in [0.1, 0.15) is 70.1 Å². The second kappa shape index (κ2) is 12.6. The Bertz CT molecular complexity index is 1580. The molecule has 0 saturated carbocycles. The molecule has 0 saturated heterocycles. The molecule has 2 amide bonds. The minimum atomic E-state index is -0.865. The molecule has 1 aliphatic rings. The van der Waals surface area contributed by atoms with Crippen LogP contribution in [0.4, 0.5) is 4.79 Å². The van der Waals surface area contributed by atoms with Gasteiger partial charge in [0, 0.05) is 19.4 Å². The van der Waals surface area contributed by atoms with Gasteiger partial charge in [-0.25, -0.2) is 9.78 Å². The molecule has 5 rings (SSSR count). The van der Waals surface area contributed by atoms with E-state index in [1.165, 1.54) is 5.56 Å². The molecule has 0 fully saturated rings. The number of imidazole rings is 1. The van der Waals surface area contributed by atoms with Crippen LogP contribution in [0.15, 0.2) is 85.1 Å². The summed E-state index contributed by atoms with van der Waals surface area (Å²) in [5.74, 6) is 1.23. The molecule has 4 aromatic rings. The van der Waals surface area contributed by atoms with Crippen molar-refractivity contribution in [3.63, 3.8) is 0 Å². The molecule has 0 aliphatic carbocycles. The van der Waals surface area contributed by atoms with Crippen molar-refractivity contribution in [1.29, 1.82) is 0 Å². The van der Waals surface area contributed by atoms with E-state index in [9.17, 15) is 9.59 Å². The van der Waals surface area contributed by atoms with Gasteiger partial charge >= 0.3 is 6.09 Å². The molecule has 0 bridgehead atoms. The third-order valence-electron chi connectivity index (χ3n) is 7.30. The lowest BCUT2D eigenvalue weighted by Gasteiger charge is -2.38. The fraction of sp³-hybridized carbons (Fsp3) is 0.361. The molecular formula is C36H42N4O4. The molecule has 3 aromatic carbocycles. The van der Waals surface area contributed by atoms with Gasteiger partial charge in [-0.05, 0) is 75.9 Å². The van der Waals surface area contributed by atoms with Crippen molar-refractivity contribution in [3.8, 4) is 17.0 Å². The zero-order valence-corrected chi connectivity index (χ0v) is 26.4. The summed E-state index contributed by atoms with van der Waals surface area (Å²) in [4.78, 5) is 37.6. The molecule has 230 valence electrons. The van der Waals surface area contributed by atoms with Crippen LogP contribution in [0.5, 0.6) is 5.75 Å². The molecule has 1 aromatic heterocycles. The number of H-pyrrole nitrogens is 1. The molecule has 0 spiro atoms. The Morgan fingerprint density at radius 2 is 1.57 bits per heavy atom. The van der Waals surface area contributed by atoms with Crippen LogP contribution < -0.4 is 10.1 Å². The van der Waals surface area contributed by atoms with Crippen molar-refractivity contribution >= 4 is 12.0 Å². The fourth-order valence-electron chi connectivity index (χ4n) is 5.40. The predicted octanol–water partition coefficient (Wildman–Crippen LogP) is 7.02. The van der Waals surface area contributed by atoms with E-state index in [1.54, 1.807) is 20.8 Å². The number of rotatable bonds is 7. The molecule has 8 nitrogen and oxygen atoms in total. The first-order valence-corrected chi connectivity index (χ1v) is 15.1. The average Bonchev–Trinajstić information content (AvgIpc) is 3.46. The average molecular weight is 595 g/mol. The maximum Gasteiger partial charge on any atom is 0.408 e. The number of alkyl carbamates (subject to hydrolysis) is 1. The fourth-order valence-corrected chi connectivity index (χ4v) is 5.40. The predicted molar refractivity (Wildman–Crippen MR) is 171 cm³/mol. The Labute approximate surface area is 259 Å². The summed E-state index contributed by atoms with van der Waals surface area (Å²) in [6, 6.07) is 24.6. The van der Waals surface area contributed by atoms with Gasteiger partial charge in [0.2, 0.25) is 5.91 Å². The lowest BCUT2D eigenvalue weighted by atomic mass is 9.92. The van der Waals surface area contributed by atoms with Gasteiger partial charge in [-0.3, -0.25) is 4.79 Å². The standard InChI is InChI=1S/C36H42N4O4/c1-35(2,3)43-28-18-16-24(17-19-28)20-29(39-34(42)44-36(4,5)6)33(41)40-23-27-15-11-10-14-26(27)21-31(40)32-37-22-30(38-32)25-12-8-7-9-13-25/h7-19,22,29,31H,20-21,23H2,1-6H3,(H,37,38)(H,39,42)/t29-,31-/m0/s1. The van der Waals surface area contributed by atoms with Gasteiger partial charge in [0.15, 0.2) is 0 Å². The highest BCUT2D eigenvalue weighted by Gasteiger charge is 2.37. The third-order valence-corrected chi connectivity index (χ3v) is 7.30. The van der Waals surface area contributed by atoms with E-state index in [4.69, 9.17) is 14.5 Å². The second-order valence-corrected chi connectivity index (χ2v) is 13.3. The molecule has 1 aliphatic heterocycles. The lowest BCUT2D eigenvalue weighted by Crippen LogP contribution is -2.52. The van der Waals surface area contributed by atoms with Gasteiger partial charge in [-0.1, -0.05) is 66.7 Å². The summed E-state index contributed by atoms with van der Waals surface area (Å²) in [7, 11) is 0. The van der Waals surface area contributed by atoms with Crippen LogP contribution in [0, 0.1) is 0 Å². The maximum atomic E-state index is 14.5. The molecule has 2 heterocycles. The van der Waals surface area contributed by atoms with Crippen molar-refractivity contribution in [2.24, 2.45) is 0 Å². The highest BCUT2D eigenvalue weighted by atomic mass is 16.6. The van der Waals surface area contributed by atoms with Crippen molar-refractivity contribution in [1.82, 2.24) is 20.2 Å². The molecule has 2 atom stereocenters. The monoisotopic (exact) mass is 594 g/mol. The molecule has 8 heteroatoms. The molecule has 0 unspecified atom stereocenters. The number of benzene rings is 3. The normalized spacial score (nSPS) is 15.7. The van der Waals surface area contributed by atoms with Gasteiger partial charge in [0.25, 0.3) is 0 Å². The number of hydrogen-bond acceptors (Lipinski definition) is 5. The van der Waals surface area contributed by atoms with E-state index in [0.717, 1.165) is 28.1 Å². The Morgan fingerprint density at radius 3 is 2.23 bits per heavy atom. The number of amides is 2. The SMILES string of the molecule is CC(C)(C)OC(=O)N[C@@H](Cc1ccc(OC(C)(C)C)cc1)C(=O)N1Cc2ccccc2C[C@H]1c1ncc(-c2ccccc2)[nH]1. The van der Waals surface area contributed by atoms with E-state index in [-0.39, 0.29) is 24.0 Å². The molecule has 44 heavy (non-hydrogen) atoms. The minimum Gasteiger partial charge on any atom is -0.488 e. The minimum absolute atomic E-state index is 0.206. The Balaban J connectivity index is 1.46. The summed E-state index contributed by atoms with van der Waals surface area (Å²) in [5.41, 5.74) is 4.00. The van der Waals surface area contributed by atoms with E-state index in [0.29, 0.717) is 18.8 Å². The van der Waals surface area contributed by atoms with Crippen LogP contribution in [0.2, 0.25) is 0 Å². The number of carbonyl (C=O) groups is 2. The quantitative estimate of drug-likeness (QED) is 0.240. The number of ether oxygens (including phenoxy) is 2. The smallest absolute Gasteiger partial charge is 0.408 e. The Kier molecular flexibility index (Phi) is 8.81. The van der Waals surface area contributed by atoms with Gasteiger partial charge in [-0.2, -0.15) is 0 Å². The summed E-state index contributed by atoms with van der Waals surface area (Å²) < 4.78 is 11.6. The number of fused-ring (bicyclic) bond motifs is 1. The second-order valence-electron chi connectivity index (χ2n) is 13.3. The zero-order valence-electron chi connectivity index (χ0n) is 26.4. The first-order chi connectivity index (χ1) is 20.8. The van der Waals surface area contributed by atoms with Crippen LogP contribution in [-0.2, 0) is 28.9 Å². The number of nitrogens with zero attached hydrogens (tertiary/aromatic N) is 2. The summed E-state index contributed by atoms with van der Waals surface area (Å²) in [6.45, 7) is 11.8. The summed E-state index contributed by atoms with van der Waals surface area (Å²) in [5, 5.41) is 2.88. The number of aromatic amines is 1. The van der Waals surface area contributed by atoms with E-state index < -0.39 is 17.7 Å².